The monoisotopic (exact) mass is 511 g/mol. The van der Waals surface area contributed by atoms with Crippen molar-refractivity contribution >= 4 is 29.1 Å². The van der Waals surface area contributed by atoms with Crippen LogP contribution in [-0.2, 0) is 16.1 Å². The number of rotatable bonds is 7. The lowest BCUT2D eigenvalue weighted by atomic mass is 10.0. The van der Waals surface area contributed by atoms with Crippen LogP contribution in [0.2, 0.25) is 5.02 Å². The molecule has 188 valence electrons. The molecular weight excluding hydrogens is 485 g/mol. The van der Waals surface area contributed by atoms with Gasteiger partial charge in [0.25, 0.3) is 11.8 Å². The number of nitrogens with one attached hydrogen (secondary N) is 1. The molecule has 3 atom stereocenters. The number of halogens is 2. The number of nitrogens with zero attached hydrogens (tertiary/aromatic N) is 1. The first-order chi connectivity index (χ1) is 17.3. The summed E-state index contributed by atoms with van der Waals surface area (Å²) in [5.74, 6) is -2.08. The highest BCUT2D eigenvalue weighted by atomic mass is 35.5. The first-order valence-electron chi connectivity index (χ1n) is 11.6. The van der Waals surface area contributed by atoms with Gasteiger partial charge < -0.3 is 26.2 Å². The number of carbonyl (C=O) groups is 2. The number of carbonyl (C=O) groups excluding carboxylic acids is 2. The van der Waals surface area contributed by atoms with Crippen LogP contribution in [0.3, 0.4) is 0 Å². The van der Waals surface area contributed by atoms with Crippen molar-refractivity contribution < 1.29 is 24.2 Å². The molecule has 0 spiro atoms. The highest BCUT2D eigenvalue weighted by molar-refractivity contribution is 6.30. The van der Waals surface area contributed by atoms with E-state index in [9.17, 15) is 24.2 Å². The second kappa shape index (κ2) is 11.1. The quantitative estimate of drug-likeness (QED) is 0.363. The van der Waals surface area contributed by atoms with Crippen molar-refractivity contribution in [1.29, 1.82) is 0 Å². The number of likely N-dealkylation sites (tertiary alicyclic amines) is 1. The van der Waals surface area contributed by atoms with Crippen molar-refractivity contribution in [3.05, 3.63) is 88.7 Å². The Bertz CT molecular complexity index is 1250. The molecule has 4 rings (SSSR count). The molecule has 1 saturated heterocycles. The lowest BCUT2D eigenvalue weighted by Crippen LogP contribution is -2.50. The van der Waals surface area contributed by atoms with Crippen LogP contribution in [0.4, 0.5) is 10.1 Å². The Labute approximate surface area is 213 Å². The van der Waals surface area contributed by atoms with Gasteiger partial charge in [-0.15, -0.1) is 0 Å². The van der Waals surface area contributed by atoms with Crippen LogP contribution in [0.25, 0.3) is 11.1 Å². The van der Waals surface area contributed by atoms with E-state index in [-0.39, 0.29) is 18.3 Å². The van der Waals surface area contributed by atoms with Crippen molar-refractivity contribution in [2.24, 2.45) is 0 Å². The summed E-state index contributed by atoms with van der Waals surface area (Å²) in [6.45, 7) is 0.466. The lowest BCUT2D eigenvalue weighted by molar-refractivity contribution is -0.153. The fraction of sp³-hybridized carbons (Fsp3) is 0.259. The molecule has 0 unspecified atom stereocenters. The van der Waals surface area contributed by atoms with Gasteiger partial charge in [-0.2, -0.15) is 0 Å². The summed E-state index contributed by atoms with van der Waals surface area (Å²) in [4.78, 5) is 26.9. The Morgan fingerprint density at radius 1 is 1.08 bits per heavy atom. The minimum absolute atomic E-state index is 0.0518. The Hall–Kier alpha value is -3.46. The van der Waals surface area contributed by atoms with Crippen molar-refractivity contribution in [3.8, 4) is 11.1 Å². The second-order valence-corrected chi connectivity index (χ2v) is 9.19. The van der Waals surface area contributed by atoms with Gasteiger partial charge in [0, 0.05) is 23.7 Å². The highest BCUT2D eigenvalue weighted by Gasteiger charge is 2.38. The first-order valence-corrected chi connectivity index (χ1v) is 12.0. The number of hydrogen-bond donors (Lipinski definition) is 4. The molecule has 7 nitrogen and oxygen atoms in total. The Morgan fingerprint density at radius 3 is 2.53 bits per heavy atom. The van der Waals surface area contributed by atoms with Crippen LogP contribution < -0.4 is 11.1 Å². The van der Waals surface area contributed by atoms with E-state index in [1.165, 1.54) is 11.0 Å². The molecular formula is C27H27ClFN3O4. The molecule has 0 aromatic heterocycles. The Kier molecular flexibility index (Phi) is 7.88. The average molecular weight is 512 g/mol. The zero-order chi connectivity index (χ0) is 25.8. The SMILES string of the molecule is Nc1c(F)cccc1-c1ccc(CNC(=O)[C@H](O)[C@@H](O)C(=O)N2CCC[C@@H]2c2cccc(Cl)c2)cc1. The third-order valence-corrected chi connectivity index (χ3v) is 6.61. The van der Waals surface area contributed by atoms with Gasteiger partial charge >= 0.3 is 0 Å². The average Bonchev–Trinajstić information content (AvgIpc) is 3.38. The fourth-order valence-electron chi connectivity index (χ4n) is 4.42. The molecule has 36 heavy (non-hydrogen) atoms. The molecule has 1 aliphatic rings. The molecule has 1 fully saturated rings. The van der Waals surface area contributed by atoms with Crippen molar-refractivity contribution in [3.63, 3.8) is 0 Å². The number of amides is 2. The summed E-state index contributed by atoms with van der Waals surface area (Å²) in [5, 5.41) is 23.9. The number of hydrogen-bond acceptors (Lipinski definition) is 5. The molecule has 0 radical (unpaired) electrons. The summed E-state index contributed by atoms with van der Waals surface area (Å²) in [6, 6.07) is 18.4. The minimum Gasteiger partial charge on any atom is -0.396 e. The van der Waals surface area contributed by atoms with Crippen LogP contribution in [0.1, 0.15) is 30.0 Å². The van der Waals surface area contributed by atoms with Gasteiger partial charge in [-0.05, 0) is 47.7 Å². The van der Waals surface area contributed by atoms with E-state index in [1.54, 1.807) is 54.6 Å². The number of para-hydroxylation sites is 1. The topological polar surface area (TPSA) is 116 Å². The van der Waals surface area contributed by atoms with Crippen LogP contribution in [0, 0.1) is 5.82 Å². The molecule has 3 aromatic carbocycles. The van der Waals surface area contributed by atoms with Crippen molar-refractivity contribution in [2.75, 3.05) is 12.3 Å². The van der Waals surface area contributed by atoms with E-state index in [0.717, 1.165) is 12.0 Å². The normalized spacial score (nSPS) is 17.0. The zero-order valence-corrected chi connectivity index (χ0v) is 20.2. The van der Waals surface area contributed by atoms with E-state index in [4.69, 9.17) is 17.3 Å². The third-order valence-electron chi connectivity index (χ3n) is 6.37. The summed E-state index contributed by atoms with van der Waals surface area (Å²) < 4.78 is 13.7. The van der Waals surface area contributed by atoms with E-state index in [2.05, 4.69) is 5.32 Å². The molecule has 3 aromatic rings. The maximum Gasteiger partial charge on any atom is 0.255 e. The van der Waals surface area contributed by atoms with E-state index in [0.29, 0.717) is 34.7 Å². The summed E-state index contributed by atoms with van der Waals surface area (Å²) in [7, 11) is 0. The molecule has 1 aliphatic heterocycles. The van der Waals surface area contributed by atoms with Crippen LogP contribution in [0.5, 0.6) is 0 Å². The van der Waals surface area contributed by atoms with Gasteiger partial charge in [0.1, 0.15) is 5.82 Å². The van der Waals surface area contributed by atoms with Crippen LogP contribution >= 0.6 is 11.6 Å². The predicted octanol–water partition coefficient (Wildman–Crippen LogP) is 3.43. The Balaban J connectivity index is 1.35. The molecule has 0 bridgehead atoms. The standard InChI is InChI=1S/C27H27ClFN3O4/c28-19-5-1-4-18(14-19)22-8-3-13-32(22)27(36)25(34)24(33)26(35)31-15-16-9-11-17(12-10-16)20-6-2-7-21(29)23(20)30/h1-2,4-7,9-12,14,22,24-25,33-34H,3,8,13,15,30H2,(H,31,35)/t22-,24-,25-/m1/s1. The first kappa shape index (κ1) is 25.6. The summed E-state index contributed by atoms with van der Waals surface area (Å²) in [6.07, 6.45) is -2.40. The van der Waals surface area contributed by atoms with Crippen molar-refractivity contribution in [2.45, 2.75) is 37.6 Å². The van der Waals surface area contributed by atoms with Gasteiger partial charge in [-0.25, -0.2) is 4.39 Å². The molecule has 0 aliphatic carbocycles. The zero-order valence-electron chi connectivity index (χ0n) is 19.4. The third kappa shape index (κ3) is 5.51. The number of nitrogen functional groups attached to an aromatic ring is 1. The molecule has 1 heterocycles. The summed E-state index contributed by atoms with van der Waals surface area (Å²) >= 11 is 6.08. The molecule has 5 N–H and O–H groups in total. The van der Waals surface area contributed by atoms with Crippen molar-refractivity contribution in [1.82, 2.24) is 10.2 Å². The fourth-order valence-corrected chi connectivity index (χ4v) is 4.62. The lowest BCUT2D eigenvalue weighted by Gasteiger charge is -2.28. The van der Waals surface area contributed by atoms with Gasteiger partial charge in [0.15, 0.2) is 12.2 Å². The molecule has 0 saturated carbocycles. The van der Waals surface area contributed by atoms with Gasteiger partial charge in [0.2, 0.25) is 0 Å². The highest BCUT2D eigenvalue weighted by Crippen LogP contribution is 2.33. The number of aliphatic hydroxyl groups excluding tert-OH is 2. The van der Waals surface area contributed by atoms with E-state index < -0.39 is 29.8 Å². The van der Waals surface area contributed by atoms with Crippen LogP contribution in [-0.4, -0.2) is 45.7 Å². The summed E-state index contributed by atoms with van der Waals surface area (Å²) in [5.41, 5.74) is 8.67. The smallest absolute Gasteiger partial charge is 0.255 e. The predicted molar refractivity (Wildman–Crippen MR) is 135 cm³/mol. The van der Waals surface area contributed by atoms with Gasteiger partial charge in [-0.1, -0.05) is 60.1 Å². The van der Waals surface area contributed by atoms with Gasteiger partial charge in [0.05, 0.1) is 11.7 Å². The second-order valence-electron chi connectivity index (χ2n) is 8.75. The number of aliphatic hydroxyl groups is 2. The number of nitrogens with two attached hydrogens (primary N) is 1. The van der Waals surface area contributed by atoms with Gasteiger partial charge in [-0.3, -0.25) is 9.59 Å². The number of anilines is 1. The Morgan fingerprint density at radius 2 is 1.81 bits per heavy atom. The van der Waals surface area contributed by atoms with E-state index in [1.807, 2.05) is 6.07 Å². The number of benzene rings is 3. The maximum atomic E-state index is 13.7. The maximum absolute atomic E-state index is 13.7. The molecule has 2 amide bonds. The minimum atomic E-state index is -1.93. The van der Waals surface area contributed by atoms with E-state index >= 15 is 0 Å². The van der Waals surface area contributed by atoms with Crippen LogP contribution in [0.15, 0.2) is 66.7 Å². The molecule has 9 heteroatoms. The largest absolute Gasteiger partial charge is 0.396 e.